The van der Waals surface area contributed by atoms with Gasteiger partial charge in [-0.1, -0.05) is 11.6 Å². The number of rotatable bonds is 9. The monoisotopic (exact) mass is 464 g/mol. The summed E-state index contributed by atoms with van der Waals surface area (Å²) in [5.41, 5.74) is 2.14. The van der Waals surface area contributed by atoms with E-state index in [2.05, 4.69) is 0 Å². The van der Waals surface area contributed by atoms with Crippen LogP contribution in [0.4, 0.5) is 0 Å². The van der Waals surface area contributed by atoms with Gasteiger partial charge in [0.15, 0.2) is 5.40 Å². The average molecular weight is 464 g/mol. The van der Waals surface area contributed by atoms with Gasteiger partial charge in [-0.3, -0.25) is 9.13 Å². The summed E-state index contributed by atoms with van der Waals surface area (Å²) in [6.45, 7) is 3.52. The smallest absolute Gasteiger partial charge is 0.342 e. The van der Waals surface area contributed by atoms with Crippen molar-refractivity contribution in [3.8, 4) is 11.5 Å². The number of phenolic OH excluding ortho intramolecular Hbond substituents is 1. The van der Waals surface area contributed by atoms with E-state index in [4.69, 9.17) is 29.0 Å². The number of hydrogen-bond acceptors (Lipinski definition) is 6. The van der Waals surface area contributed by atoms with E-state index in [-0.39, 0.29) is 24.2 Å². The lowest BCUT2D eigenvalue weighted by molar-refractivity contribution is 0.0389. The molecule has 0 amide bonds. The van der Waals surface area contributed by atoms with Crippen LogP contribution >= 0.6 is 15.2 Å². The van der Waals surface area contributed by atoms with Crippen LogP contribution in [0.25, 0.3) is 0 Å². The summed E-state index contributed by atoms with van der Waals surface area (Å²) in [6.07, 6.45) is 1.65. The quantitative estimate of drug-likeness (QED) is 0.208. The molecule has 0 saturated heterocycles. The molecule has 12 heteroatoms. The predicted octanol–water partition coefficient (Wildman–Crippen LogP) is 3.11. The molecule has 0 spiro atoms. The van der Waals surface area contributed by atoms with Gasteiger partial charge < -0.3 is 34.2 Å². The molecular weight excluding hydrogens is 438 g/mol. The third-order valence-corrected chi connectivity index (χ3v) is 8.93. The molecule has 1 aliphatic heterocycles. The summed E-state index contributed by atoms with van der Waals surface area (Å²) in [7, 11) is -8.40. The molecule has 0 aromatic heterocycles. The van der Waals surface area contributed by atoms with Gasteiger partial charge in [0.05, 0.1) is 7.11 Å². The molecule has 1 heterocycles. The Bertz CT molecular complexity index is 921. The second kappa shape index (κ2) is 9.22. The molecule has 0 radical (unpaired) electrons. The number of aromatic hydroxyl groups is 1. The van der Waals surface area contributed by atoms with Crippen LogP contribution in [0, 0.1) is 6.92 Å². The fraction of sp³-hybridized carbons (Fsp3) is 0.500. The Balaban J connectivity index is 2.08. The maximum absolute atomic E-state index is 12.1. The number of methoxy groups -OCH3 is 1. The molecule has 1 aliphatic rings. The van der Waals surface area contributed by atoms with Crippen LogP contribution in [0.3, 0.4) is 0 Å². The minimum Gasteiger partial charge on any atom is -0.507 e. The van der Waals surface area contributed by atoms with E-state index in [1.807, 2.05) is 0 Å². The topological polar surface area (TPSA) is 171 Å². The summed E-state index contributed by atoms with van der Waals surface area (Å²) >= 11 is 0. The third-order valence-electron chi connectivity index (χ3n) is 5.05. The normalized spacial score (nSPS) is 17.3. The van der Waals surface area contributed by atoms with Gasteiger partial charge in [0.1, 0.15) is 23.2 Å². The molecular formula is C18H26O10P2. The fourth-order valence-electron chi connectivity index (χ4n) is 3.51. The Morgan fingerprint density at radius 3 is 2.40 bits per heavy atom. The molecule has 0 fully saturated rings. The lowest BCUT2D eigenvalue weighted by atomic mass is 9.95. The fourth-order valence-corrected chi connectivity index (χ4v) is 6.12. The van der Waals surface area contributed by atoms with Crippen molar-refractivity contribution in [2.75, 3.05) is 7.11 Å². The lowest BCUT2D eigenvalue weighted by Crippen LogP contribution is -2.09. The number of carbonyl (C=O) groups excluding carboxylic acids is 1. The van der Waals surface area contributed by atoms with Crippen molar-refractivity contribution in [3.63, 3.8) is 0 Å². The standard InChI is InChI=1S/C18H26O10P2/c1-10(5-4-6-15(29(21,22)23)30(24,25)26)7-8-13-16-11(2)14(27-3)9-12(19)17(16)18(20)28-13/h7,9,13,15,19H,4-6,8H2,1-3H3,(H2,21,22,23)(H2,24,25,26). The molecule has 10 nitrogen and oxygen atoms in total. The molecule has 2 rings (SSSR count). The van der Waals surface area contributed by atoms with E-state index < -0.39 is 32.7 Å². The minimum absolute atomic E-state index is 0.107. The Morgan fingerprint density at radius 1 is 1.27 bits per heavy atom. The van der Waals surface area contributed by atoms with Crippen LogP contribution in [0.5, 0.6) is 11.5 Å². The van der Waals surface area contributed by atoms with E-state index >= 15 is 0 Å². The van der Waals surface area contributed by atoms with Crippen LogP contribution in [0.15, 0.2) is 17.7 Å². The van der Waals surface area contributed by atoms with Crippen LogP contribution in [0.1, 0.15) is 60.2 Å². The molecule has 1 atom stereocenters. The zero-order chi connectivity index (χ0) is 22.9. The van der Waals surface area contributed by atoms with Crippen molar-refractivity contribution in [2.45, 2.75) is 51.0 Å². The summed E-state index contributed by atoms with van der Waals surface area (Å²) in [5.74, 6) is -0.423. The van der Waals surface area contributed by atoms with Crippen molar-refractivity contribution >= 4 is 21.2 Å². The van der Waals surface area contributed by atoms with Crippen LogP contribution < -0.4 is 4.74 Å². The highest BCUT2D eigenvalue weighted by atomic mass is 31.2. The van der Waals surface area contributed by atoms with Gasteiger partial charge in [-0.2, -0.15) is 0 Å². The van der Waals surface area contributed by atoms with E-state index in [0.29, 0.717) is 29.7 Å². The first-order chi connectivity index (χ1) is 13.8. The zero-order valence-electron chi connectivity index (χ0n) is 16.8. The van der Waals surface area contributed by atoms with Gasteiger partial charge in [-0.05, 0) is 38.7 Å². The number of cyclic esters (lactones) is 1. The van der Waals surface area contributed by atoms with E-state index in [0.717, 1.165) is 5.57 Å². The first-order valence-corrected chi connectivity index (χ1v) is 12.5. The third kappa shape index (κ3) is 5.52. The van der Waals surface area contributed by atoms with Crippen LogP contribution in [-0.2, 0) is 13.9 Å². The Kier molecular flexibility index (Phi) is 7.56. The molecule has 5 N–H and O–H groups in total. The highest BCUT2D eigenvalue weighted by Crippen LogP contribution is 2.61. The largest absolute Gasteiger partial charge is 0.507 e. The van der Waals surface area contributed by atoms with E-state index in [1.54, 1.807) is 19.9 Å². The molecule has 1 aromatic carbocycles. The zero-order valence-corrected chi connectivity index (χ0v) is 18.6. The summed E-state index contributed by atoms with van der Waals surface area (Å²) in [4.78, 5) is 48.8. The lowest BCUT2D eigenvalue weighted by Gasteiger charge is -2.19. The van der Waals surface area contributed by atoms with Crippen molar-refractivity contribution < 1.29 is 48.1 Å². The number of esters is 1. The Labute approximate surface area is 173 Å². The molecule has 0 aliphatic carbocycles. The molecule has 1 unspecified atom stereocenters. The minimum atomic E-state index is -4.93. The van der Waals surface area contributed by atoms with Crippen molar-refractivity contribution in [1.29, 1.82) is 0 Å². The number of ether oxygens (including phenoxy) is 2. The van der Waals surface area contributed by atoms with Gasteiger partial charge in [-0.25, -0.2) is 4.79 Å². The maximum Gasteiger partial charge on any atom is 0.342 e. The van der Waals surface area contributed by atoms with Crippen molar-refractivity contribution in [3.05, 3.63) is 34.4 Å². The van der Waals surface area contributed by atoms with Gasteiger partial charge in [0, 0.05) is 18.1 Å². The van der Waals surface area contributed by atoms with E-state index in [9.17, 15) is 19.0 Å². The van der Waals surface area contributed by atoms with Gasteiger partial charge in [0.25, 0.3) is 0 Å². The highest BCUT2D eigenvalue weighted by molar-refractivity contribution is 7.70. The number of hydrogen-bond donors (Lipinski definition) is 5. The number of allylic oxidation sites excluding steroid dienone is 1. The predicted molar refractivity (Wildman–Crippen MR) is 108 cm³/mol. The van der Waals surface area contributed by atoms with Crippen LogP contribution in [-0.4, -0.2) is 43.2 Å². The second-order valence-electron chi connectivity index (χ2n) is 7.24. The van der Waals surface area contributed by atoms with Crippen LogP contribution in [0.2, 0.25) is 0 Å². The molecule has 0 saturated carbocycles. The van der Waals surface area contributed by atoms with Gasteiger partial charge >= 0.3 is 21.2 Å². The summed E-state index contributed by atoms with van der Waals surface area (Å²) in [5, 5.41) is 8.09. The second-order valence-corrected chi connectivity index (χ2v) is 11.3. The first kappa shape index (κ1) is 24.6. The van der Waals surface area contributed by atoms with Gasteiger partial charge in [-0.15, -0.1) is 0 Å². The van der Waals surface area contributed by atoms with Crippen molar-refractivity contribution in [1.82, 2.24) is 0 Å². The van der Waals surface area contributed by atoms with E-state index in [1.165, 1.54) is 13.2 Å². The van der Waals surface area contributed by atoms with Gasteiger partial charge in [0.2, 0.25) is 0 Å². The number of fused-ring (bicyclic) bond motifs is 1. The SMILES string of the molecule is COc1cc(O)c2c(c1C)C(CC=C(C)CCCC(P(=O)(O)O)P(=O)(O)O)OC2=O. The number of phenols is 1. The number of benzene rings is 1. The Morgan fingerprint density at radius 2 is 1.87 bits per heavy atom. The highest BCUT2D eigenvalue weighted by Gasteiger charge is 2.42. The first-order valence-electron chi connectivity index (χ1n) is 9.14. The number of carbonyl (C=O) groups is 1. The molecule has 30 heavy (non-hydrogen) atoms. The molecule has 0 bridgehead atoms. The average Bonchev–Trinajstić information content (AvgIpc) is 2.95. The summed E-state index contributed by atoms with van der Waals surface area (Å²) < 4.78 is 33.2. The summed E-state index contributed by atoms with van der Waals surface area (Å²) in [6, 6.07) is 1.36. The molecule has 1 aromatic rings. The van der Waals surface area contributed by atoms with Crippen molar-refractivity contribution in [2.24, 2.45) is 0 Å². The molecule has 168 valence electrons. The maximum atomic E-state index is 12.1. The Hall–Kier alpha value is -1.67.